The van der Waals surface area contributed by atoms with Crippen molar-refractivity contribution in [1.82, 2.24) is 0 Å². The summed E-state index contributed by atoms with van der Waals surface area (Å²) in [5.74, 6) is -1.68. The summed E-state index contributed by atoms with van der Waals surface area (Å²) in [4.78, 5) is 22.8. The summed E-state index contributed by atoms with van der Waals surface area (Å²) in [6.45, 7) is 4.94. The van der Waals surface area contributed by atoms with Gasteiger partial charge in [0.15, 0.2) is 0 Å². The quantitative estimate of drug-likeness (QED) is 0.297. The lowest BCUT2D eigenvalue weighted by molar-refractivity contribution is -0.168. The number of esters is 2. The molecule has 0 spiro atoms. The standard InChI is InChI=1S/C11H15NO5/c1-4-15-10(13)9(11(14)16-5-2)17-7-8(3)6-12/h7,9H,4-5H2,1-3H3/b8-7-. The van der Waals surface area contributed by atoms with E-state index in [4.69, 9.17) is 10.00 Å². The van der Waals surface area contributed by atoms with E-state index in [1.54, 1.807) is 19.9 Å². The molecule has 0 unspecified atom stereocenters. The molecule has 0 aromatic carbocycles. The third kappa shape index (κ3) is 5.56. The van der Waals surface area contributed by atoms with Crippen LogP contribution in [0.3, 0.4) is 0 Å². The Hall–Kier alpha value is -2.03. The number of rotatable bonds is 6. The van der Waals surface area contributed by atoms with Gasteiger partial charge in [-0.15, -0.1) is 0 Å². The minimum Gasteiger partial charge on any atom is -0.474 e. The fourth-order valence-electron chi connectivity index (χ4n) is 0.840. The zero-order valence-electron chi connectivity index (χ0n) is 10.1. The van der Waals surface area contributed by atoms with Crippen LogP contribution < -0.4 is 0 Å². The SMILES string of the molecule is CCOC(=O)C(O/C=C(/C)C#N)C(=O)OCC. The molecule has 0 aliphatic rings. The number of ether oxygens (including phenoxy) is 3. The third-order valence-electron chi connectivity index (χ3n) is 1.56. The van der Waals surface area contributed by atoms with Crippen molar-refractivity contribution in [3.63, 3.8) is 0 Å². The summed E-state index contributed by atoms with van der Waals surface area (Å²) in [6, 6.07) is 1.79. The summed E-state index contributed by atoms with van der Waals surface area (Å²) in [5, 5.41) is 8.50. The van der Waals surface area contributed by atoms with Gasteiger partial charge >= 0.3 is 11.9 Å². The van der Waals surface area contributed by atoms with Crippen LogP contribution in [0.2, 0.25) is 0 Å². The van der Waals surface area contributed by atoms with Crippen molar-refractivity contribution < 1.29 is 23.8 Å². The van der Waals surface area contributed by atoms with Crippen molar-refractivity contribution >= 4 is 11.9 Å². The normalized spacial score (nSPS) is 10.6. The lowest BCUT2D eigenvalue weighted by atomic mass is 10.3. The first-order chi connectivity index (χ1) is 8.06. The van der Waals surface area contributed by atoms with Gasteiger partial charge in [0.2, 0.25) is 0 Å². The molecular formula is C11H15NO5. The predicted molar refractivity (Wildman–Crippen MR) is 57.5 cm³/mol. The van der Waals surface area contributed by atoms with E-state index in [9.17, 15) is 9.59 Å². The molecule has 0 aliphatic heterocycles. The molecule has 0 N–H and O–H groups in total. The molecule has 6 heteroatoms. The van der Waals surface area contributed by atoms with Gasteiger partial charge in [-0.05, 0) is 20.8 Å². The Balaban J connectivity index is 4.68. The summed E-state index contributed by atoms with van der Waals surface area (Å²) in [6.07, 6.45) is -0.461. The molecular weight excluding hydrogens is 226 g/mol. The number of nitriles is 1. The fraction of sp³-hybridized carbons (Fsp3) is 0.545. The van der Waals surface area contributed by atoms with E-state index in [0.29, 0.717) is 0 Å². The van der Waals surface area contributed by atoms with Gasteiger partial charge in [-0.3, -0.25) is 0 Å². The highest BCUT2D eigenvalue weighted by atomic mass is 16.6. The van der Waals surface area contributed by atoms with Crippen LogP contribution in [-0.2, 0) is 23.8 Å². The van der Waals surface area contributed by atoms with Gasteiger partial charge in [0.1, 0.15) is 0 Å². The van der Waals surface area contributed by atoms with Gasteiger partial charge < -0.3 is 14.2 Å². The van der Waals surface area contributed by atoms with E-state index in [2.05, 4.69) is 9.47 Å². The maximum Gasteiger partial charge on any atom is 0.359 e. The summed E-state index contributed by atoms with van der Waals surface area (Å²) in [7, 11) is 0. The summed E-state index contributed by atoms with van der Waals surface area (Å²) >= 11 is 0. The Morgan fingerprint density at radius 2 is 1.71 bits per heavy atom. The van der Waals surface area contributed by atoms with Crippen LogP contribution in [0.1, 0.15) is 20.8 Å². The molecule has 0 aliphatic carbocycles. The highest BCUT2D eigenvalue weighted by Gasteiger charge is 2.30. The summed E-state index contributed by atoms with van der Waals surface area (Å²) in [5.41, 5.74) is 0.226. The zero-order valence-corrected chi connectivity index (χ0v) is 10.1. The fourth-order valence-corrected chi connectivity index (χ4v) is 0.840. The largest absolute Gasteiger partial charge is 0.474 e. The number of carbonyl (C=O) groups excluding carboxylic acids is 2. The predicted octanol–water partition coefficient (Wildman–Crippen LogP) is 0.925. The molecule has 0 aromatic rings. The molecule has 94 valence electrons. The molecule has 0 radical (unpaired) electrons. The van der Waals surface area contributed by atoms with Crippen LogP contribution in [-0.4, -0.2) is 31.3 Å². The molecule has 0 rings (SSSR count). The lowest BCUT2D eigenvalue weighted by Gasteiger charge is -2.13. The lowest BCUT2D eigenvalue weighted by Crippen LogP contribution is -2.35. The number of nitrogens with zero attached hydrogens (tertiary/aromatic N) is 1. The van der Waals surface area contributed by atoms with Crippen LogP contribution in [0.5, 0.6) is 0 Å². The van der Waals surface area contributed by atoms with Crippen molar-refractivity contribution in [3.05, 3.63) is 11.8 Å². The average molecular weight is 241 g/mol. The summed E-state index contributed by atoms with van der Waals surface area (Å²) < 4.78 is 14.2. The van der Waals surface area contributed by atoms with Crippen molar-refractivity contribution in [1.29, 1.82) is 5.26 Å². The maximum atomic E-state index is 11.4. The van der Waals surface area contributed by atoms with Crippen molar-refractivity contribution in [2.75, 3.05) is 13.2 Å². The zero-order chi connectivity index (χ0) is 13.3. The van der Waals surface area contributed by atoms with Crippen molar-refractivity contribution in [2.45, 2.75) is 26.9 Å². The average Bonchev–Trinajstić information content (AvgIpc) is 2.29. The molecule has 0 heterocycles. The molecule has 0 saturated carbocycles. The number of allylic oxidation sites excluding steroid dienone is 1. The second kappa shape index (κ2) is 8.16. The van der Waals surface area contributed by atoms with E-state index < -0.39 is 18.0 Å². The Morgan fingerprint density at radius 1 is 1.24 bits per heavy atom. The van der Waals surface area contributed by atoms with Gasteiger partial charge in [0.25, 0.3) is 6.10 Å². The van der Waals surface area contributed by atoms with E-state index >= 15 is 0 Å². The number of carbonyl (C=O) groups is 2. The minimum atomic E-state index is -1.49. The van der Waals surface area contributed by atoms with E-state index in [1.807, 2.05) is 0 Å². The van der Waals surface area contributed by atoms with Crippen LogP contribution in [0.4, 0.5) is 0 Å². The molecule has 0 aromatic heterocycles. The van der Waals surface area contributed by atoms with Crippen molar-refractivity contribution in [2.24, 2.45) is 0 Å². The topological polar surface area (TPSA) is 85.6 Å². The van der Waals surface area contributed by atoms with Crippen LogP contribution in [0.15, 0.2) is 11.8 Å². The second-order valence-electron chi connectivity index (χ2n) is 2.93. The highest BCUT2D eigenvalue weighted by Crippen LogP contribution is 2.03. The number of hydrogen-bond donors (Lipinski definition) is 0. The Labute approximate surface area is 99.8 Å². The van der Waals surface area contributed by atoms with Crippen LogP contribution in [0, 0.1) is 11.3 Å². The van der Waals surface area contributed by atoms with Gasteiger partial charge in [-0.25, -0.2) is 9.59 Å². The van der Waals surface area contributed by atoms with Crippen LogP contribution in [0.25, 0.3) is 0 Å². The monoisotopic (exact) mass is 241 g/mol. The van der Waals surface area contributed by atoms with Crippen molar-refractivity contribution in [3.8, 4) is 6.07 Å². The smallest absolute Gasteiger partial charge is 0.359 e. The van der Waals surface area contributed by atoms with Crippen LogP contribution >= 0.6 is 0 Å². The van der Waals surface area contributed by atoms with Gasteiger partial charge in [0, 0.05) is 0 Å². The Kier molecular flexibility index (Phi) is 7.19. The van der Waals surface area contributed by atoms with Gasteiger partial charge in [-0.1, -0.05) is 0 Å². The number of hydrogen-bond acceptors (Lipinski definition) is 6. The first-order valence-electron chi connectivity index (χ1n) is 5.12. The molecule has 0 bridgehead atoms. The molecule has 0 saturated heterocycles. The molecule has 0 atom stereocenters. The van der Waals surface area contributed by atoms with Gasteiger partial charge in [0.05, 0.1) is 31.1 Å². The molecule has 6 nitrogen and oxygen atoms in total. The van der Waals surface area contributed by atoms with E-state index in [-0.39, 0.29) is 18.8 Å². The first-order valence-corrected chi connectivity index (χ1v) is 5.12. The third-order valence-corrected chi connectivity index (χ3v) is 1.56. The second-order valence-corrected chi connectivity index (χ2v) is 2.93. The minimum absolute atomic E-state index is 0.124. The molecule has 17 heavy (non-hydrogen) atoms. The Morgan fingerprint density at radius 3 is 2.06 bits per heavy atom. The van der Waals surface area contributed by atoms with E-state index in [0.717, 1.165) is 6.26 Å². The Bertz CT molecular complexity index is 324. The van der Waals surface area contributed by atoms with E-state index in [1.165, 1.54) is 6.92 Å². The maximum absolute atomic E-state index is 11.4. The first kappa shape index (κ1) is 15.0. The highest BCUT2D eigenvalue weighted by molar-refractivity contribution is 5.98. The van der Waals surface area contributed by atoms with Gasteiger partial charge in [-0.2, -0.15) is 5.26 Å². The molecule has 0 amide bonds. The molecule has 0 fully saturated rings.